The van der Waals surface area contributed by atoms with E-state index in [1.54, 1.807) is 0 Å². The summed E-state index contributed by atoms with van der Waals surface area (Å²) >= 11 is 0. The highest BCUT2D eigenvalue weighted by atomic mass is 15.1. The summed E-state index contributed by atoms with van der Waals surface area (Å²) in [5, 5.41) is 3.47. The molecular formula is C14H25N3. The third-order valence-corrected chi connectivity index (χ3v) is 3.34. The zero-order valence-electron chi connectivity index (χ0n) is 11.5. The molecule has 1 aliphatic carbocycles. The smallest absolute Gasteiger partial charge is 0.0952 e. The number of aromatic nitrogens is 2. The van der Waals surface area contributed by atoms with Crippen LogP contribution in [0.15, 0.2) is 12.5 Å². The van der Waals surface area contributed by atoms with Crippen LogP contribution in [0.3, 0.4) is 0 Å². The summed E-state index contributed by atoms with van der Waals surface area (Å²) in [5.74, 6) is 0.976. The molecule has 0 aliphatic heterocycles. The van der Waals surface area contributed by atoms with Gasteiger partial charge in [-0.3, -0.25) is 0 Å². The molecule has 96 valence electrons. The zero-order valence-corrected chi connectivity index (χ0v) is 11.5. The molecule has 0 spiro atoms. The van der Waals surface area contributed by atoms with Crippen molar-refractivity contribution in [3.8, 4) is 0 Å². The second kappa shape index (κ2) is 4.81. The van der Waals surface area contributed by atoms with Gasteiger partial charge in [-0.25, -0.2) is 4.98 Å². The first kappa shape index (κ1) is 12.6. The van der Waals surface area contributed by atoms with Crippen LogP contribution in [0.4, 0.5) is 0 Å². The van der Waals surface area contributed by atoms with Crippen LogP contribution in [0.25, 0.3) is 0 Å². The normalized spacial score (nSPS) is 18.4. The molecule has 1 aromatic heterocycles. The van der Waals surface area contributed by atoms with Crippen molar-refractivity contribution in [3.63, 3.8) is 0 Å². The van der Waals surface area contributed by atoms with Gasteiger partial charge in [0.1, 0.15) is 0 Å². The second-order valence-electron chi connectivity index (χ2n) is 6.44. The standard InChI is InChI=1S/C14H25N3/c1-11(7-12-5-6-12)17-9-13(15-10-17)8-16-14(2,3)4/h9-12,16H,5-8H2,1-4H3. The summed E-state index contributed by atoms with van der Waals surface area (Å²) in [5.41, 5.74) is 1.30. The summed E-state index contributed by atoms with van der Waals surface area (Å²) in [4.78, 5) is 4.47. The Morgan fingerprint density at radius 1 is 1.47 bits per heavy atom. The largest absolute Gasteiger partial charge is 0.334 e. The van der Waals surface area contributed by atoms with Crippen molar-refractivity contribution in [2.24, 2.45) is 5.92 Å². The number of nitrogens with one attached hydrogen (secondary N) is 1. The lowest BCUT2D eigenvalue weighted by atomic mass is 10.1. The van der Waals surface area contributed by atoms with E-state index in [4.69, 9.17) is 0 Å². The molecule has 1 fully saturated rings. The third kappa shape index (κ3) is 4.15. The summed E-state index contributed by atoms with van der Waals surface area (Å²) in [7, 11) is 0. The van der Waals surface area contributed by atoms with E-state index in [-0.39, 0.29) is 5.54 Å². The molecule has 1 heterocycles. The molecule has 0 amide bonds. The van der Waals surface area contributed by atoms with Gasteiger partial charge in [0.2, 0.25) is 0 Å². The lowest BCUT2D eigenvalue weighted by Gasteiger charge is -2.19. The fraction of sp³-hybridized carbons (Fsp3) is 0.786. The minimum absolute atomic E-state index is 0.156. The number of rotatable bonds is 5. The van der Waals surface area contributed by atoms with Crippen LogP contribution in [0, 0.1) is 5.92 Å². The predicted octanol–water partition coefficient (Wildman–Crippen LogP) is 3.13. The van der Waals surface area contributed by atoms with Gasteiger partial charge in [-0.05, 0) is 40.0 Å². The first-order valence-corrected chi connectivity index (χ1v) is 6.71. The highest BCUT2D eigenvalue weighted by molar-refractivity contribution is 4.98. The van der Waals surface area contributed by atoms with Crippen LogP contribution >= 0.6 is 0 Å². The molecule has 1 saturated carbocycles. The monoisotopic (exact) mass is 235 g/mol. The third-order valence-electron chi connectivity index (χ3n) is 3.34. The van der Waals surface area contributed by atoms with Crippen LogP contribution in [-0.4, -0.2) is 15.1 Å². The molecular weight excluding hydrogens is 210 g/mol. The summed E-state index contributed by atoms with van der Waals surface area (Å²) < 4.78 is 2.26. The van der Waals surface area contributed by atoms with Gasteiger partial charge in [-0.15, -0.1) is 0 Å². The number of hydrogen-bond acceptors (Lipinski definition) is 2. The maximum atomic E-state index is 4.47. The number of hydrogen-bond donors (Lipinski definition) is 1. The highest BCUT2D eigenvalue weighted by Crippen LogP contribution is 2.36. The van der Waals surface area contributed by atoms with Crippen molar-refractivity contribution < 1.29 is 0 Å². The maximum absolute atomic E-state index is 4.47. The van der Waals surface area contributed by atoms with Gasteiger partial charge in [-0.1, -0.05) is 12.8 Å². The molecule has 0 radical (unpaired) electrons. The van der Waals surface area contributed by atoms with E-state index >= 15 is 0 Å². The molecule has 1 N–H and O–H groups in total. The second-order valence-corrected chi connectivity index (χ2v) is 6.44. The van der Waals surface area contributed by atoms with Gasteiger partial charge in [0.25, 0.3) is 0 Å². The van der Waals surface area contributed by atoms with E-state index in [0.29, 0.717) is 6.04 Å². The quantitative estimate of drug-likeness (QED) is 0.849. The van der Waals surface area contributed by atoms with Gasteiger partial charge in [0.15, 0.2) is 0 Å². The fourth-order valence-electron chi connectivity index (χ4n) is 2.03. The average molecular weight is 235 g/mol. The Balaban J connectivity index is 1.86. The Bertz CT molecular complexity index is 358. The Labute approximate surface area is 105 Å². The topological polar surface area (TPSA) is 29.9 Å². The van der Waals surface area contributed by atoms with Crippen LogP contribution in [0.2, 0.25) is 0 Å². The Kier molecular flexibility index (Phi) is 3.57. The van der Waals surface area contributed by atoms with E-state index in [0.717, 1.165) is 18.2 Å². The Morgan fingerprint density at radius 3 is 2.76 bits per heavy atom. The van der Waals surface area contributed by atoms with Gasteiger partial charge >= 0.3 is 0 Å². The first-order chi connectivity index (χ1) is 7.94. The van der Waals surface area contributed by atoms with E-state index in [9.17, 15) is 0 Å². The van der Waals surface area contributed by atoms with Gasteiger partial charge < -0.3 is 9.88 Å². The lowest BCUT2D eigenvalue weighted by Crippen LogP contribution is -2.35. The molecule has 2 rings (SSSR count). The van der Waals surface area contributed by atoms with Crippen LogP contribution in [0.5, 0.6) is 0 Å². The lowest BCUT2D eigenvalue weighted by molar-refractivity contribution is 0.421. The van der Waals surface area contributed by atoms with Gasteiger partial charge in [0, 0.05) is 24.3 Å². The van der Waals surface area contributed by atoms with Gasteiger partial charge in [0.05, 0.1) is 12.0 Å². The van der Waals surface area contributed by atoms with Crippen molar-refractivity contribution in [1.29, 1.82) is 0 Å². The fourth-order valence-corrected chi connectivity index (χ4v) is 2.03. The van der Waals surface area contributed by atoms with Crippen molar-refractivity contribution in [2.75, 3.05) is 0 Å². The van der Waals surface area contributed by atoms with E-state index in [2.05, 4.69) is 48.8 Å². The number of nitrogens with zero attached hydrogens (tertiary/aromatic N) is 2. The SMILES string of the molecule is CC(CC1CC1)n1cnc(CNC(C)(C)C)c1. The van der Waals surface area contributed by atoms with Crippen molar-refractivity contribution in [2.45, 2.75) is 65.1 Å². The van der Waals surface area contributed by atoms with Crippen LogP contribution < -0.4 is 5.32 Å². The van der Waals surface area contributed by atoms with E-state index < -0.39 is 0 Å². The average Bonchev–Trinajstić information content (AvgIpc) is 2.91. The van der Waals surface area contributed by atoms with Crippen LogP contribution in [0.1, 0.15) is 58.7 Å². The Hall–Kier alpha value is -0.830. The molecule has 0 aromatic carbocycles. The first-order valence-electron chi connectivity index (χ1n) is 6.71. The highest BCUT2D eigenvalue weighted by Gasteiger charge is 2.24. The van der Waals surface area contributed by atoms with Gasteiger partial charge in [-0.2, -0.15) is 0 Å². The molecule has 3 heteroatoms. The van der Waals surface area contributed by atoms with Crippen molar-refractivity contribution >= 4 is 0 Å². The van der Waals surface area contributed by atoms with E-state index in [1.807, 2.05) is 6.33 Å². The van der Waals surface area contributed by atoms with E-state index in [1.165, 1.54) is 19.3 Å². The summed E-state index contributed by atoms with van der Waals surface area (Å²) in [6, 6.07) is 0.596. The van der Waals surface area contributed by atoms with Crippen molar-refractivity contribution in [1.82, 2.24) is 14.9 Å². The van der Waals surface area contributed by atoms with Crippen LogP contribution in [-0.2, 0) is 6.54 Å². The Morgan fingerprint density at radius 2 is 2.18 bits per heavy atom. The molecule has 17 heavy (non-hydrogen) atoms. The van der Waals surface area contributed by atoms with Crippen molar-refractivity contribution in [3.05, 3.63) is 18.2 Å². The summed E-state index contributed by atoms with van der Waals surface area (Å²) in [6.07, 6.45) is 8.33. The zero-order chi connectivity index (χ0) is 12.5. The summed E-state index contributed by atoms with van der Waals surface area (Å²) in [6.45, 7) is 9.69. The minimum Gasteiger partial charge on any atom is -0.334 e. The molecule has 0 saturated heterocycles. The molecule has 1 unspecified atom stereocenters. The number of imidazole rings is 1. The molecule has 3 nitrogen and oxygen atoms in total. The molecule has 1 aliphatic rings. The molecule has 1 aromatic rings. The minimum atomic E-state index is 0.156. The molecule has 1 atom stereocenters. The predicted molar refractivity (Wildman–Crippen MR) is 70.9 cm³/mol. The maximum Gasteiger partial charge on any atom is 0.0952 e. The molecule has 0 bridgehead atoms.